The summed E-state index contributed by atoms with van der Waals surface area (Å²) in [5.41, 5.74) is 1.80. The molecule has 1 aliphatic rings. The van der Waals surface area contributed by atoms with E-state index in [9.17, 15) is 4.79 Å². The van der Waals surface area contributed by atoms with Crippen LogP contribution in [0.4, 0.5) is 0 Å². The molecular formula is C21H25N3O2. The molecule has 1 aromatic carbocycles. The molecule has 0 atom stereocenters. The fourth-order valence-electron chi connectivity index (χ4n) is 3.17. The molecule has 0 radical (unpaired) electrons. The molecule has 1 saturated heterocycles. The minimum Gasteiger partial charge on any atom is -0.496 e. The molecular weight excluding hydrogens is 326 g/mol. The quantitative estimate of drug-likeness (QED) is 0.831. The maximum Gasteiger partial charge on any atom is 0.254 e. The summed E-state index contributed by atoms with van der Waals surface area (Å²) in [7, 11) is 1.69. The molecule has 3 rings (SSSR count). The summed E-state index contributed by atoms with van der Waals surface area (Å²) in [5.74, 6) is 0.979. The molecule has 2 aromatic rings. The summed E-state index contributed by atoms with van der Waals surface area (Å²) in [4.78, 5) is 20.9. The Kier molecular flexibility index (Phi) is 6.39. The summed E-state index contributed by atoms with van der Waals surface area (Å²) in [6.07, 6.45) is 8.58. The van der Waals surface area contributed by atoms with E-state index in [1.54, 1.807) is 31.6 Å². The number of benzene rings is 1. The third kappa shape index (κ3) is 4.70. The van der Waals surface area contributed by atoms with Crippen LogP contribution in [0.25, 0.3) is 6.08 Å². The monoisotopic (exact) mass is 351 g/mol. The number of methoxy groups -OCH3 is 1. The molecule has 0 saturated carbocycles. The Morgan fingerprint density at radius 3 is 2.73 bits per heavy atom. The number of hydrogen-bond acceptors (Lipinski definition) is 4. The standard InChI is InChI=1S/C21H25N3O2/c1-26-20-8-3-2-6-18(20)7-4-13-23-14-5-15-24(17-16-23)21(25)19-9-11-22-12-10-19/h2-4,6-12H,5,13-17H2,1H3. The average Bonchev–Trinajstić information content (AvgIpc) is 2.94. The molecule has 136 valence electrons. The third-order valence-corrected chi connectivity index (χ3v) is 4.60. The summed E-state index contributed by atoms with van der Waals surface area (Å²) in [6.45, 7) is 4.30. The highest BCUT2D eigenvalue weighted by atomic mass is 16.5. The lowest BCUT2D eigenvalue weighted by Gasteiger charge is -2.21. The molecule has 1 aromatic heterocycles. The van der Waals surface area contributed by atoms with Gasteiger partial charge < -0.3 is 9.64 Å². The summed E-state index contributed by atoms with van der Waals surface area (Å²) < 4.78 is 5.38. The second-order valence-electron chi connectivity index (χ2n) is 6.33. The van der Waals surface area contributed by atoms with E-state index >= 15 is 0 Å². The van der Waals surface area contributed by atoms with Gasteiger partial charge in [-0.1, -0.05) is 30.4 Å². The van der Waals surface area contributed by atoms with Crippen molar-refractivity contribution in [1.82, 2.24) is 14.8 Å². The van der Waals surface area contributed by atoms with E-state index in [0.29, 0.717) is 5.56 Å². The number of carbonyl (C=O) groups excluding carboxylic acids is 1. The van der Waals surface area contributed by atoms with Crippen molar-refractivity contribution in [2.24, 2.45) is 0 Å². The Labute approximate surface area is 154 Å². The Morgan fingerprint density at radius 2 is 1.92 bits per heavy atom. The topological polar surface area (TPSA) is 45.7 Å². The lowest BCUT2D eigenvalue weighted by atomic mass is 10.2. The zero-order valence-corrected chi connectivity index (χ0v) is 15.2. The van der Waals surface area contributed by atoms with E-state index < -0.39 is 0 Å². The van der Waals surface area contributed by atoms with E-state index in [2.05, 4.69) is 22.0 Å². The van der Waals surface area contributed by atoms with E-state index in [4.69, 9.17) is 4.74 Å². The molecule has 0 N–H and O–H groups in total. The van der Waals surface area contributed by atoms with Crippen molar-refractivity contribution in [3.05, 3.63) is 66.0 Å². The first kappa shape index (κ1) is 18.1. The van der Waals surface area contributed by atoms with Crippen molar-refractivity contribution in [2.75, 3.05) is 39.8 Å². The molecule has 0 bridgehead atoms. The van der Waals surface area contributed by atoms with Crippen molar-refractivity contribution in [3.8, 4) is 5.75 Å². The molecule has 5 nitrogen and oxygen atoms in total. The molecule has 1 aliphatic heterocycles. The minimum atomic E-state index is 0.0961. The summed E-state index contributed by atoms with van der Waals surface area (Å²) >= 11 is 0. The number of aromatic nitrogens is 1. The third-order valence-electron chi connectivity index (χ3n) is 4.60. The Bertz CT molecular complexity index is 746. The van der Waals surface area contributed by atoms with Crippen LogP contribution in [0.15, 0.2) is 54.9 Å². The zero-order valence-electron chi connectivity index (χ0n) is 15.2. The van der Waals surface area contributed by atoms with Crippen LogP contribution < -0.4 is 4.74 Å². The first-order valence-corrected chi connectivity index (χ1v) is 8.99. The maximum atomic E-state index is 12.6. The van der Waals surface area contributed by atoms with Gasteiger partial charge in [-0.25, -0.2) is 0 Å². The van der Waals surface area contributed by atoms with Gasteiger partial charge in [-0.15, -0.1) is 0 Å². The summed E-state index contributed by atoms with van der Waals surface area (Å²) in [5, 5.41) is 0. The van der Waals surface area contributed by atoms with Crippen molar-refractivity contribution >= 4 is 12.0 Å². The first-order chi connectivity index (χ1) is 12.8. The van der Waals surface area contributed by atoms with E-state index in [1.165, 1.54) is 0 Å². The average molecular weight is 351 g/mol. The smallest absolute Gasteiger partial charge is 0.254 e. The number of rotatable bonds is 5. The van der Waals surface area contributed by atoms with Crippen LogP contribution in [-0.4, -0.2) is 60.5 Å². The number of hydrogen-bond donors (Lipinski definition) is 0. The predicted molar refractivity (Wildman–Crippen MR) is 103 cm³/mol. The van der Waals surface area contributed by atoms with E-state index in [-0.39, 0.29) is 5.91 Å². The van der Waals surface area contributed by atoms with Crippen LogP contribution in [0.5, 0.6) is 5.75 Å². The molecule has 0 spiro atoms. The SMILES string of the molecule is COc1ccccc1C=CCN1CCCN(C(=O)c2ccncc2)CC1. The van der Waals surface area contributed by atoms with Gasteiger partial charge in [0.2, 0.25) is 0 Å². The highest BCUT2D eigenvalue weighted by Gasteiger charge is 2.19. The highest BCUT2D eigenvalue weighted by Crippen LogP contribution is 2.18. The van der Waals surface area contributed by atoms with Crippen molar-refractivity contribution in [3.63, 3.8) is 0 Å². The van der Waals surface area contributed by atoms with Gasteiger partial charge in [0.05, 0.1) is 7.11 Å². The highest BCUT2D eigenvalue weighted by molar-refractivity contribution is 5.94. The van der Waals surface area contributed by atoms with Crippen molar-refractivity contribution in [2.45, 2.75) is 6.42 Å². The van der Waals surface area contributed by atoms with Crippen LogP contribution in [0, 0.1) is 0 Å². The Balaban J connectivity index is 1.54. The van der Waals surface area contributed by atoms with Crippen molar-refractivity contribution < 1.29 is 9.53 Å². The van der Waals surface area contributed by atoms with Gasteiger partial charge >= 0.3 is 0 Å². The second kappa shape index (κ2) is 9.15. The fourth-order valence-corrected chi connectivity index (χ4v) is 3.17. The Morgan fingerprint density at radius 1 is 1.12 bits per heavy atom. The minimum absolute atomic E-state index is 0.0961. The van der Waals surface area contributed by atoms with Gasteiger partial charge in [0.15, 0.2) is 0 Å². The summed E-state index contributed by atoms with van der Waals surface area (Å²) in [6, 6.07) is 11.6. The molecule has 0 unspecified atom stereocenters. The maximum absolute atomic E-state index is 12.6. The van der Waals surface area contributed by atoms with Crippen LogP contribution in [0.2, 0.25) is 0 Å². The number of carbonyl (C=O) groups is 1. The molecule has 5 heteroatoms. The molecule has 0 aliphatic carbocycles. The van der Waals surface area contributed by atoms with Gasteiger partial charge in [0, 0.05) is 56.2 Å². The van der Waals surface area contributed by atoms with Crippen LogP contribution >= 0.6 is 0 Å². The van der Waals surface area contributed by atoms with E-state index in [0.717, 1.165) is 50.5 Å². The number of ether oxygens (including phenoxy) is 1. The number of para-hydroxylation sites is 1. The molecule has 1 fully saturated rings. The lowest BCUT2D eigenvalue weighted by molar-refractivity contribution is 0.0762. The first-order valence-electron chi connectivity index (χ1n) is 8.99. The molecule has 1 amide bonds. The van der Waals surface area contributed by atoms with Crippen LogP contribution in [0.3, 0.4) is 0 Å². The normalized spacial score (nSPS) is 15.8. The number of pyridine rings is 1. The van der Waals surface area contributed by atoms with Gasteiger partial charge in [0.1, 0.15) is 5.75 Å². The lowest BCUT2D eigenvalue weighted by Crippen LogP contribution is -2.35. The molecule has 2 heterocycles. The second-order valence-corrected chi connectivity index (χ2v) is 6.33. The van der Waals surface area contributed by atoms with Gasteiger partial charge in [-0.05, 0) is 24.6 Å². The number of amides is 1. The van der Waals surface area contributed by atoms with Crippen molar-refractivity contribution in [1.29, 1.82) is 0 Å². The predicted octanol–water partition coefficient (Wildman–Crippen LogP) is 2.95. The van der Waals surface area contributed by atoms with Crippen LogP contribution in [-0.2, 0) is 0 Å². The van der Waals surface area contributed by atoms with Gasteiger partial charge in [0.25, 0.3) is 5.91 Å². The zero-order chi connectivity index (χ0) is 18.2. The largest absolute Gasteiger partial charge is 0.496 e. The van der Waals surface area contributed by atoms with Gasteiger partial charge in [-0.3, -0.25) is 14.7 Å². The molecule has 26 heavy (non-hydrogen) atoms. The fraction of sp³-hybridized carbons (Fsp3) is 0.333. The van der Waals surface area contributed by atoms with E-state index in [1.807, 2.05) is 29.2 Å². The van der Waals surface area contributed by atoms with Crippen LogP contribution in [0.1, 0.15) is 22.3 Å². The van der Waals surface area contributed by atoms with Gasteiger partial charge in [-0.2, -0.15) is 0 Å². The number of nitrogens with zero attached hydrogens (tertiary/aromatic N) is 3. The Hall–Kier alpha value is -2.66.